The van der Waals surface area contributed by atoms with Crippen LogP contribution in [-0.2, 0) is 6.54 Å². The van der Waals surface area contributed by atoms with E-state index < -0.39 is 11.7 Å². The highest BCUT2D eigenvalue weighted by Gasteiger charge is 2.17. The Morgan fingerprint density at radius 1 is 1.19 bits per heavy atom. The van der Waals surface area contributed by atoms with Crippen molar-refractivity contribution in [1.29, 1.82) is 0 Å². The van der Waals surface area contributed by atoms with Gasteiger partial charge in [-0.05, 0) is 42.0 Å². The van der Waals surface area contributed by atoms with Gasteiger partial charge in [-0.2, -0.15) is 5.10 Å². The first-order valence-electron chi connectivity index (χ1n) is 9.15. The predicted octanol–water partition coefficient (Wildman–Crippen LogP) is 3.49. The average molecular weight is 441 g/mol. The summed E-state index contributed by atoms with van der Waals surface area (Å²) < 4.78 is 25.3. The van der Waals surface area contributed by atoms with Crippen LogP contribution < -0.4 is 14.8 Å². The molecule has 0 unspecified atom stereocenters. The molecule has 0 saturated heterocycles. The fourth-order valence-electron chi connectivity index (χ4n) is 3.06. The molecule has 0 saturated carbocycles. The molecule has 1 amide bonds. The summed E-state index contributed by atoms with van der Waals surface area (Å²) in [5, 5.41) is 14.0. The minimum atomic E-state index is -0.447. The van der Waals surface area contributed by atoms with Crippen molar-refractivity contribution < 1.29 is 18.7 Å². The highest BCUT2D eigenvalue weighted by molar-refractivity contribution is 6.31. The lowest BCUT2D eigenvalue weighted by molar-refractivity contribution is 0.102. The molecule has 0 aliphatic carbocycles. The van der Waals surface area contributed by atoms with Gasteiger partial charge in [-0.1, -0.05) is 17.7 Å². The van der Waals surface area contributed by atoms with Crippen LogP contribution in [0.2, 0.25) is 5.02 Å². The molecule has 1 aliphatic rings. The minimum absolute atomic E-state index is 0.113. The zero-order valence-electron chi connectivity index (χ0n) is 15.8. The normalized spacial score (nSPS) is 12.2. The molecule has 3 heterocycles. The summed E-state index contributed by atoms with van der Waals surface area (Å²) in [5.74, 6) is 0.544. The van der Waals surface area contributed by atoms with Gasteiger partial charge in [0.1, 0.15) is 17.8 Å². The lowest BCUT2D eigenvalue weighted by Gasteiger charge is -2.04. The van der Waals surface area contributed by atoms with E-state index in [0.717, 1.165) is 5.56 Å². The Morgan fingerprint density at radius 2 is 2.06 bits per heavy atom. The molecule has 5 rings (SSSR count). The van der Waals surface area contributed by atoms with Gasteiger partial charge in [-0.25, -0.2) is 14.1 Å². The fraction of sp³-hybridized carbons (Fsp3) is 0.100. The van der Waals surface area contributed by atoms with Crippen LogP contribution in [0.25, 0.3) is 11.3 Å². The molecule has 9 nitrogen and oxygen atoms in total. The average Bonchev–Trinajstić information content (AvgIpc) is 3.50. The number of H-pyrrole nitrogens is 1. The predicted molar refractivity (Wildman–Crippen MR) is 109 cm³/mol. The van der Waals surface area contributed by atoms with Crippen molar-refractivity contribution in [3.63, 3.8) is 0 Å². The fourth-order valence-corrected chi connectivity index (χ4v) is 3.29. The van der Waals surface area contributed by atoms with E-state index in [9.17, 15) is 9.18 Å². The van der Waals surface area contributed by atoms with Crippen molar-refractivity contribution in [2.75, 3.05) is 12.1 Å². The van der Waals surface area contributed by atoms with Crippen molar-refractivity contribution >= 4 is 23.5 Å². The third-order valence-electron chi connectivity index (χ3n) is 4.60. The number of hydrogen-bond acceptors (Lipinski definition) is 6. The Hall–Kier alpha value is -3.92. The number of nitrogens with one attached hydrogen (secondary N) is 2. The summed E-state index contributed by atoms with van der Waals surface area (Å²) in [6, 6.07) is 11.1. The van der Waals surface area contributed by atoms with Gasteiger partial charge >= 0.3 is 0 Å². The molecule has 2 N–H and O–H groups in total. The second kappa shape index (κ2) is 7.73. The summed E-state index contributed by atoms with van der Waals surface area (Å²) in [7, 11) is 0. The number of benzene rings is 2. The Morgan fingerprint density at radius 3 is 2.94 bits per heavy atom. The molecule has 156 valence electrons. The number of halogens is 2. The van der Waals surface area contributed by atoms with Crippen LogP contribution in [0.1, 0.15) is 16.1 Å². The van der Waals surface area contributed by atoms with Crippen LogP contribution >= 0.6 is 11.6 Å². The van der Waals surface area contributed by atoms with Crippen molar-refractivity contribution in [2.24, 2.45) is 0 Å². The summed E-state index contributed by atoms with van der Waals surface area (Å²) in [4.78, 5) is 16.6. The number of nitrogens with zero attached hydrogens (tertiary/aromatic N) is 4. The lowest BCUT2D eigenvalue weighted by atomic mass is 10.1. The third kappa shape index (κ3) is 3.92. The summed E-state index contributed by atoms with van der Waals surface area (Å²) in [6.45, 7) is 0.459. The molecular weight excluding hydrogens is 427 g/mol. The molecule has 2 aromatic heterocycles. The van der Waals surface area contributed by atoms with Crippen LogP contribution in [0, 0.1) is 5.82 Å². The number of hydrogen-bond donors (Lipinski definition) is 2. The van der Waals surface area contributed by atoms with Crippen molar-refractivity contribution in [3.05, 3.63) is 70.9 Å². The number of anilines is 1. The maximum Gasteiger partial charge on any atom is 0.276 e. The molecule has 11 heteroatoms. The zero-order chi connectivity index (χ0) is 21.4. The monoisotopic (exact) mass is 440 g/mol. The van der Waals surface area contributed by atoms with E-state index in [1.54, 1.807) is 24.3 Å². The number of amides is 1. The van der Waals surface area contributed by atoms with E-state index in [-0.39, 0.29) is 30.0 Å². The van der Waals surface area contributed by atoms with Crippen molar-refractivity contribution in [2.45, 2.75) is 6.54 Å². The first-order valence-corrected chi connectivity index (χ1v) is 9.53. The van der Waals surface area contributed by atoms with Gasteiger partial charge in [0.2, 0.25) is 12.7 Å². The molecule has 0 bridgehead atoms. The Labute approximate surface area is 179 Å². The van der Waals surface area contributed by atoms with Gasteiger partial charge < -0.3 is 9.47 Å². The van der Waals surface area contributed by atoms with E-state index in [0.29, 0.717) is 22.8 Å². The van der Waals surface area contributed by atoms with Crippen LogP contribution in [0.15, 0.2) is 48.8 Å². The standard InChI is InChI=1S/C20H14ClFN6O3/c21-14-6-13(22)3-1-12(14)8-28-9-23-20(27-28)24-19(29)16-7-15(25-26-16)11-2-4-17-18(5-11)31-10-30-17/h1-7,9H,8,10H2,(H,25,26)(H,24,27,29). The van der Waals surface area contributed by atoms with E-state index in [1.807, 2.05) is 6.07 Å². The van der Waals surface area contributed by atoms with Crippen LogP contribution in [-0.4, -0.2) is 37.7 Å². The van der Waals surface area contributed by atoms with Crippen LogP contribution in [0.3, 0.4) is 0 Å². The number of aromatic nitrogens is 5. The maximum absolute atomic E-state index is 13.2. The second-order valence-electron chi connectivity index (χ2n) is 6.69. The topological polar surface area (TPSA) is 107 Å². The van der Waals surface area contributed by atoms with E-state index in [1.165, 1.54) is 23.1 Å². The second-order valence-corrected chi connectivity index (χ2v) is 7.10. The van der Waals surface area contributed by atoms with E-state index in [2.05, 4.69) is 25.6 Å². The first kappa shape index (κ1) is 19.1. The number of carbonyl (C=O) groups is 1. The van der Waals surface area contributed by atoms with Gasteiger partial charge in [0.05, 0.1) is 12.2 Å². The Bertz CT molecular complexity index is 1290. The summed E-state index contributed by atoms with van der Waals surface area (Å²) in [5.41, 5.74) is 2.27. The highest BCUT2D eigenvalue weighted by atomic mass is 35.5. The molecule has 31 heavy (non-hydrogen) atoms. The largest absolute Gasteiger partial charge is 0.454 e. The van der Waals surface area contributed by atoms with Gasteiger partial charge in [0.25, 0.3) is 5.91 Å². The molecule has 0 atom stereocenters. The van der Waals surface area contributed by atoms with Gasteiger partial charge in [-0.15, -0.1) is 5.10 Å². The molecule has 0 fully saturated rings. The molecule has 4 aromatic rings. The molecular formula is C20H14ClFN6O3. The SMILES string of the molecule is O=C(Nc1ncn(Cc2ccc(F)cc2Cl)n1)c1cc(-c2ccc3c(c2)OCO3)n[nH]1. The number of aromatic amines is 1. The van der Waals surface area contributed by atoms with E-state index in [4.69, 9.17) is 21.1 Å². The lowest BCUT2D eigenvalue weighted by Crippen LogP contribution is -2.14. The molecule has 0 spiro atoms. The quantitative estimate of drug-likeness (QED) is 0.492. The Kier molecular flexibility index (Phi) is 4.75. The van der Waals surface area contributed by atoms with Gasteiger partial charge in [0.15, 0.2) is 11.5 Å². The van der Waals surface area contributed by atoms with Crippen molar-refractivity contribution in [3.8, 4) is 22.8 Å². The number of fused-ring (bicyclic) bond motifs is 1. The number of ether oxygens (including phenoxy) is 2. The summed E-state index contributed by atoms with van der Waals surface area (Å²) >= 11 is 6.04. The minimum Gasteiger partial charge on any atom is -0.454 e. The van der Waals surface area contributed by atoms with Crippen LogP contribution in [0.4, 0.5) is 10.3 Å². The number of rotatable bonds is 5. The Balaban J connectivity index is 1.27. The van der Waals surface area contributed by atoms with E-state index >= 15 is 0 Å². The maximum atomic E-state index is 13.2. The molecule has 1 aliphatic heterocycles. The summed E-state index contributed by atoms with van der Waals surface area (Å²) in [6.07, 6.45) is 1.44. The zero-order valence-corrected chi connectivity index (χ0v) is 16.6. The highest BCUT2D eigenvalue weighted by Crippen LogP contribution is 2.35. The first-order chi connectivity index (χ1) is 15.0. The smallest absolute Gasteiger partial charge is 0.276 e. The van der Waals surface area contributed by atoms with Crippen molar-refractivity contribution in [1.82, 2.24) is 25.0 Å². The number of carbonyl (C=O) groups excluding carboxylic acids is 1. The van der Waals surface area contributed by atoms with Crippen LogP contribution in [0.5, 0.6) is 11.5 Å². The van der Waals surface area contributed by atoms with Gasteiger partial charge in [-0.3, -0.25) is 15.2 Å². The molecule has 0 radical (unpaired) electrons. The van der Waals surface area contributed by atoms with Gasteiger partial charge in [0, 0.05) is 10.6 Å². The third-order valence-corrected chi connectivity index (χ3v) is 4.95. The molecule has 2 aromatic carbocycles.